The Labute approximate surface area is 200 Å². The van der Waals surface area contributed by atoms with Gasteiger partial charge < -0.3 is 19.4 Å². The van der Waals surface area contributed by atoms with Crippen LogP contribution in [0.5, 0.6) is 5.75 Å². The summed E-state index contributed by atoms with van der Waals surface area (Å²) in [5, 5.41) is 3.21. The van der Waals surface area contributed by atoms with Crippen molar-refractivity contribution in [3.63, 3.8) is 0 Å². The van der Waals surface area contributed by atoms with Crippen LogP contribution in [0.2, 0.25) is 0 Å². The molecule has 1 fully saturated rings. The molecule has 6 heteroatoms. The number of aryl methyl sites for hydroxylation is 1. The van der Waals surface area contributed by atoms with Crippen molar-refractivity contribution in [2.75, 3.05) is 7.11 Å². The number of nitrogens with zero attached hydrogens (tertiary/aromatic N) is 1. The predicted molar refractivity (Wildman–Crippen MR) is 131 cm³/mol. The summed E-state index contributed by atoms with van der Waals surface area (Å²) in [4.78, 5) is 28.9. The topological polar surface area (TPSA) is 71.8 Å². The summed E-state index contributed by atoms with van der Waals surface area (Å²) in [6.07, 6.45) is 6.54. The van der Waals surface area contributed by atoms with E-state index in [0.29, 0.717) is 0 Å². The number of benzene rings is 2. The Morgan fingerprint density at radius 1 is 1.03 bits per heavy atom. The largest absolute Gasteiger partial charge is 0.497 e. The lowest BCUT2D eigenvalue weighted by Gasteiger charge is -2.32. The summed E-state index contributed by atoms with van der Waals surface area (Å²) in [7, 11) is 1.62. The molecule has 178 valence electrons. The van der Waals surface area contributed by atoms with Gasteiger partial charge in [0.25, 0.3) is 5.91 Å². The van der Waals surface area contributed by atoms with Crippen molar-refractivity contribution in [3.05, 3.63) is 89.4 Å². The van der Waals surface area contributed by atoms with Crippen molar-refractivity contribution in [2.24, 2.45) is 0 Å². The fourth-order valence-electron chi connectivity index (χ4n) is 4.51. The van der Waals surface area contributed by atoms with Crippen molar-refractivity contribution >= 4 is 11.8 Å². The number of amides is 2. The summed E-state index contributed by atoms with van der Waals surface area (Å²) >= 11 is 0. The molecule has 0 spiro atoms. The number of carbonyl (C=O) groups is 2. The average Bonchev–Trinajstić information content (AvgIpc) is 3.59. The zero-order valence-electron chi connectivity index (χ0n) is 19.8. The second kappa shape index (κ2) is 11.1. The number of hydrogen-bond donors (Lipinski definition) is 1. The third-order valence-electron chi connectivity index (χ3n) is 6.47. The molecule has 1 saturated carbocycles. The van der Waals surface area contributed by atoms with Crippen LogP contribution in [0.25, 0.3) is 0 Å². The molecule has 1 N–H and O–H groups in total. The van der Waals surface area contributed by atoms with Gasteiger partial charge >= 0.3 is 0 Å². The van der Waals surface area contributed by atoms with E-state index in [1.165, 1.54) is 11.8 Å². The van der Waals surface area contributed by atoms with Crippen LogP contribution in [0.4, 0.5) is 0 Å². The Bertz CT molecular complexity index is 1070. The van der Waals surface area contributed by atoms with Crippen LogP contribution in [0.3, 0.4) is 0 Å². The number of nitrogens with one attached hydrogen (secondary N) is 1. The minimum absolute atomic E-state index is 0.145. The predicted octanol–water partition coefficient (Wildman–Crippen LogP) is 5.29. The first kappa shape index (κ1) is 23.6. The maximum Gasteiger partial charge on any atom is 0.290 e. The number of methoxy groups -OCH3 is 1. The number of rotatable bonds is 9. The third kappa shape index (κ3) is 5.50. The van der Waals surface area contributed by atoms with Gasteiger partial charge in [0.1, 0.15) is 11.8 Å². The first-order chi connectivity index (χ1) is 16.6. The highest BCUT2D eigenvalue weighted by molar-refractivity contribution is 5.96. The third-order valence-corrected chi connectivity index (χ3v) is 6.47. The second-order valence-corrected chi connectivity index (χ2v) is 8.75. The van der Waals surface area contributed by atoms with Crippen molar-refractivity contribution in [1.82, 2.24) is 10.2 Å². The zero-order valence-corrected chi connectivity index (χ0v) is 19.8. The molecule has 1 atom stereocenters. The molecule has 4 rings (SSSR count). The van der Waals surface area contributed by atoms with Crippen molar-refractivity contribution < 1.29 is 18.7 Å². The lowest BCUT2D eigenvalue weighted by Crippen LogP contribution is -2.45. The smallest absolute Gasteiger partial charge is 0.290 e. The summed E-state index contributed by atoms with van der Waals surface area (Å²) in [5.41, 5.74) is 2.85. The number of hydrogen-bond acceptors (Lipinski definition) is 4. The van der Waals surface area contributed by atoms with E-state index in [1.54, 1.807) is 24.1 Å². The van der Waals surface area contributed by atoms with Gasteiger partial charge in [0.05, 0.1) is 13.4 Å². The van der Waals surface area contributed by atoms with Gasteiger partial charge in [0, 0.05) is 12.6 Å². The van der Waals surface area contributed by atoms with Crippen LogP contribution >= 0.6 is 0 Å². The van der Waals surface area contributed by atoms with E-state index in [4.69, 9.17) is 9.15 Å². The first-order valence-corrected chi connectivity index (χ1v) is 12.0. The molecule has 3 aromatic rings. The monoisotopic (exact) mass is 460 g/mol. The van der Waals surface area contributed by atoms with Crippen LogP contribution in [-0.4, -0.2) is 29.9 Å². The molecule has 1 aromatic heterocycles. The Hall–Kier alpha value is -3.54. The van der Waals surface area contributed by atoms with Crippen molar-refractivity contribution in [2.45, 2.75) is 57.7 Å². The maximum absolute atomic E-state index is 13.7. The minimum atomic E-state index is -0.786. The highest BCUT2D eigenvalue weighted by atomic mass is 16.5. The van der Waals surface area contributed by atoms with Crippen LogP contribution < -0.4 is 10.1 Å². The quantitative estimate of drug-likeness (QED) is 0.471. The van der Waals surface area contributed by atoms with Gasteiger partial charge in [0.2, 0.25) is 5.91 Å². The normalized spacial score (nSPS) is 14.5. The molecule has 0 bridgehead atoms. The van der Waals surface area contributed by atoms with E-state index in [2.05, 4.69) is 12.2 Å². The van der Waals surface area contributed by atoms with Crippen LogP contribution in [-0.2, 0) is 17.8 Å². The van der Waals surface area contributed by atoms with E-state index in [9.17, 15) is 9.59 Å². The van der Waals surface area contributed by atoms with Crippen LogP contribution in [0.15, 0.2) is 71.3 Å². The molecule has 1 aliphatic rings. The lowest BCUT2D eigenvalue weighted by atomic mass is 10.00. The van der Waals surface area contributed by atoms with E-state index in [1.807, 2.05) is 48.5 Å². The molecule has 34 heavy (non-hydrogen) atoms. The van der Waals surface area contributed by atoms with Crippen molar-refractivity contribution in [3.8, 4) is 5.75 Å². The molecule has 0 saturated heterocycles. The highest BCUT2D eigenvalue weighted by Crippen LogP contribution is 2.28. The molecule has 2 aromatic carbocycles. The first-order valence-electron chi connectivity index (χ1n) is 12.0. The van der Waals surface area contributed by atoms with Crippen molar-refractivity contribution in [1.29, 1.82) is 0 Å². The fourth-order valence-corrected chi connectivity index (χ4v) is 4.51. The van der Waals surface area contributed by atoms with Gasteiger partial charge in [-0.25, -0.2) is 0 Å². The Kier molecular flexibility index (Phi) is 7.68. The number of carbonyl (C=O) groups excluding carboxylic acids is 2. The number of ether oxygens (including phenoxy) is 1. The molecule has 0 unspecified atom stereocenters. The molecule has 0 aliphatic heterocycles. The number of furan rings is 1. The standard InChI is InChI=1S/C28H32N2O4/c1-3-20-10-14-22(15-11-20)26(27(31)29-23-7-4-5-8-23)30(28(32)25-9-6-18-34-25)19-21-12-16-24(33-2)17-13-21/h6,9-18,23,26H,3-5,7-8,19H2,1-2H3,(H,29,31)/t26-/m1/s1. The molecule has 1 heterocycles. The van der Waals surface area contributed by atoms with Crippen LogP contribution in [0, 0.1) is 0 Å². The van der Waals surface area contributed by atoms with Gasteiger partial charge in [-0.1, -0.05) is 56.2 Å². The summed E-state index contributed by atoms with van der Waals surface area (Å²) in [5.74, 6) is 0.451. The molecule has 0 radical (unpaired) electrons. The Balaban J connectivity index is 1.72. The molecule has 6 nitrogen and oxygen atoms in total. The minimum Gasteiger partial charge on any atom is -0.497 e. The SMILES string of the molecule is CCc1ccc([C@H](C(=O)NC2CCCC2)N(Cc2ccc(OC)cc2)C(=O)c2ccco2)cc1. The zero-order chi connectivity index (χ0) is 23.9. The van der Waals surface area contributed by atoms with E-state index < -0.39 is 6.04 Å². The van der Waals surface area contributed by atoms with E-state index >= 15 is 0 Å². The van der Waals surface area contributed by atoms with Gasteiger partial charge in [0.15, 0.2) is 5.76 Å². The second-order valence-electron chi connectivity index (χ2n) is 8.75. The molecule has 1 aliphatic carbocycles. The van der Waals surface area contributed by atoms with Crippen LogP contribution in [0.1, 0.15) is 65.9 Å². The highest BCUT2D eigenvalue weighted by Gasteiger charge is 2.34. The van der Waals surface area contributed by atoms with Gasteiger partial charge in [-0.05, 0) is 60.2 Å². The van der Waals surface area contributed by atoms with E-state index in [0.717, 1.165) is 49.0 Å². The maximum atomic E-state index is 13.7. The van der Waals surface area contributed by atoms with Gasteiger partial charge in [-0.3, -0.25) is 9.59 Å². The van der Waals surface area contributed by atoms with E-state index in [-0.39, 0.29) is 30.2 Å². The fraction of sp³-hybridized carbons (Fsp3) is 0.357. The Morgan fingerprint density at radius 3 is 2.29 bits per heavy atom. The molecular weight excluding hydrogens is 428 g/mol. The summed E-state index contributed by atoms with van der Waals surface area (Å²) < 4.78 is 10.7. The summed E-state index contributed by atoms with van der Waals surface area (Å²) in [6.45, 7) is 2.34. The molecular formula is C28H32N2O4. The van der Waals surface area contributed by atoms with Gasteiger partial charge in [-0.2, -0.15) is 0 Å². The lowest BCUT2D eigenvalue weighted by molar-refractivity contribution is -0.126. The average molecular weight is 461 g/mol. The summed E-state index contributed by atoms with van der Waals surface area (Å²) in [6, 6.07) is 18.2. The Morgan fingerprint density at radius 2 is 1.71 bits per heavy atom. The van der Waals surface area contributed by atoms with Gasteiger partial charge in [-0.15, -0.1) is 0 Å². The molecule has 2 amide bonds.